The molecular formula is C25H27N5O4S. The number of thioether (sulfide) groups is 1. The highest BCUT2D eigenvalue weighted by molar-refractivity contribution is 7.99. The molecule has 2 aliphatic rings. The van der Waals surface area contributed by atoms with Gasteiger partial charge in [0.1, 0.15) is 11.3 Å². The molecule has 0 radical (unpaired) electrons. The molecule has 4 heterocycles. The lowest BCUT2D eigenvalue weighted by molar-refractivity contribution is 0.0757. The number of benzene rings is 1. The molecule has 0 N–H and O–H groups in total. The molecule has 0 atom stereocenters. The van der Waals surface area contributed by atoms with E-state index in [2.05, 4.69) is 5.10 Å². The van der Waals surface area contributed by atoms with Gasteiger partial charge in [0, 0.05) is 80.4 Å². The lowest BCUT2D eigenvalue weighted by Crippen LogP contribution is -2.39. The monoisotopic (exact) mass is 493 g/mol. The highest BCUT2D eigenvalue weighted by Gasteiger charge is 2.30. The first-order chi connectivity index (χ1) is 17.1. The summed E-state index contributed by atoms with van der Waals surface area (Å²) in [6.07, 6.45) is 3.90. The summed E-state index contributed by atoms with van der Waals surface area (Å²) >= 11 is 1.83. The standard InChI is InChI=1S/C25H27N5O4S/c1-34-21-17-22(31)29-11-10-27(9-6-20(29)23(21)25(33)28-12-14-35-15-13-28)24(32)18-4-2-5-19(16-18)30-8-3-7-26-30/h2-5,7-8,16-17H,6,9-15H2,1H3. The van der Waals surface area contributed by atoms with Crippen molar-refractivity contribution in [3.05, 3.63) is 76.0 Å². The van der Waals surface area contributed by atoms with Gasteiger partial charge in [-0.05, 0) is 24.3 Å². The molecule has 0 unspecified atom stereocenters. The number of fused-ring (bicyclic) bond motifs is 1. The van der Waals surface area contributed by atoms with E-state index in [0.717, 1.165) is 17.2 Å². The number of carbonyl (C=O) groups excluding carboxylic acids is 2. The molecule has 182 valence electrons. The first kappa shape index (κ1) is 23.2. The Morgan fingerprint density at radius 3 is 2.51 bits per heavy atom. The summed E-state index contributed by atoms with van der Waals surface area (Å²) in [4.78, 5) is 43.4. The Kier molecular flexibility index (Phi) is 6.63. The van der Waals surface area contributed by atoms with Gasteiger partial charge in [0.25, 0.3) is 17.4 Å². The summed E-state index contributed by atoms with van der Waals surface area (Å²) in [5.74, 6) is 1.85. The topological polar surface area (TPSA) is 89.7 Å². The van der Waals surface area contributed by atoms with Crippen LogP contribution in [0, 0.1) is 0 Å². The number of ether oxygens (including phenoxy) is 1. The largest absolute Gasteiger partial charge is 0.496 e. The Bertz CT molecular complexity index is 1300. The number of nitrogens with zero attached hydrogens (tertiary/aromatic N) is 5. The zero-order valence-electron chi connectivity index (χ0n) is 19.6. The molecule has 9 nitrogen and oxygen atoms in total. The lowest BCUT2D eigenvalue weighted by Gasteiger charge is -2.28. The minimum atomic E-state index is -0.224. The average Bonchev–Trinajstić information content (AvgIpc) is 3.35. The van der Waals surface area contributed by atoms with Crippen LogP contribution in [0.5, 0.6) is 5.75 Å². The smallest absolute Gasteiger partial charge is 0.259 e. The molecule has 1 fully saturated rings. The van der Waals surface area contributed by atoms with Gasteiger partial charge in [-0.15, -0.1) is 0 Å². The molecule has 0 saturated carbocycles. The van der Waals surface area contributed by atoms with Crippen LogP contribution in [0.15, 0.2) is 53.6 Å². The van der Waals surface area contributed by atoms with Crippen molar-refractivity contribution >= 4 is 23.6 Å². The summed E-state index contributed by atoms with van der Waals surface area (Å²) in [5, 5.41) is 4.24. The summed E-state index contributed by atoms with van der Waals surface area (Å²) in [6.45, 7) is 2.43. The van der Waals surface area contributed by atoms with E-state index >= 15 is 0 Å². The molecule has 3 aromatic rings. The van der Waals surface area contributed by atoms with Gasteiger partial charge in [-0.25, -0.2) is 4.68 Å². The average molecular weight is 494 g/mol. The number of methoxy groups -OCH3 is 1. The molecule has 1 saturated heterocycles. The van der Waals surface area contributed by atoms with E-state index in [1.807, 2.05) is 47.1 Å². The van der Waals surface area contributed by atoms with Crippen LogP contribution in [0.2, 0.25) is 0 Å². The van der Waals surface area contributed by atoms with Gasteiger partial charge in [0.05, 0.1) is 12.8 Å². The second-order valence-corrected chi connectivity index (χ2v) is 9.70. The van der Waals surface area contributed by atoms with Crippen LogP contribution < -0.4 is 10.3 Å². The van der Waals surface area contributed by atoms with Crippen LogP contribution in [-0.4, -0.2) is 80.8 Å². The minimum Gasteiger partial charge on any atom is -0.496 e. The van der Waals surface area contributed by atoms with E-state index in [4.69, 9.17) is 4.74 Å². The third-order valence-electron chi connectivity index (χ3n) is 6.47. The van der Waals surface area contributed by atoms with E-state index in [9.17, 15) is 14.4 Å². The quantitative estimate of drug-likeness (QED) is 0.552. The maximum Gasteiger partial charge on any atom is 0.259 e. The highest BCUT2D eigenvalue weighted by atomic mass is 32.2. The van der Waals surface area contributed by atoms with Crippen molar-refractivity contribution in [1.82, 2.24) is 24.1 Å². The molecule has 0 aliphatic carbocycles. The lowest BCUT2D eigenvalue weighted by atomic mass is 10.1. The van der Waals surface area contributed by atoms with Crippen LogP contribution in [-0.2, 0) is 13.0 Å². The van der Waals surface area contributed by atoms with Crippen molar-refractivity contribution in [2.24, 2.45) is 0 Å². The number of pyridine rings is 1. The second-order valence-electron chi connectivity index (χ2n) is 8.47. The molecular weight excluding hydrogens is 466 g/mol. The van der Waals surface area contributed by atoms with Crippen LogP contribution in [0.1, 0.15) is 26.4 Å². The molecule has 35 heavy (non-hydrogen) atoms. The Morgan fingerprint density at radius 1 is 0.971 bits per heavy atom. The first-order valence-corrected chi connectivity index (χ1v) is 12.8. The van der Waals surface area contributed by atoms with Crippen molar-refractivity contribution in [1.29, 1.82) is 0 Å². The Labute approximate surface area is 207 Å². The van der Waals surface area contributed by atoms with Crippen molar-refractivity contribution < 1.29 is 14.3 Å². The molecule has 10 heteroatoms. The predicted octanol–water partition coefficient (Wildman–Crippen LogP) is 1.93. The maximum absolute atomic E-state index is 13.5. The predicted molar refractivity (Wildman–Crippen MR) is 134 cm³/mol. The van der Waals surface area contributed by atoms with Crippen molar-refractivity contribution in [3.8, 4) is 11.4 Å². The Morgan fingerprint density at radius 2 is 1.77 bits per heavy atom. The SMILES string of the molecule is COc1cc(=O)n2c(c1C(=O)N1CCSCC1)CCN(C(=O)c1cccc(-n3cccn3)c1)CC2. The normalized spacial score (nSPS) is 15.9. The summed E-state index contributed by atoms with van der Waals surface area (Å²) in [7, 11) is 1.48. The van der Waals surface area contributed by atoms with E-state index in [-0.39, 0.29) is 17.4 Å². The molecule has 2 amide bonds. The number of aromatic nitrogens is 3. The molecule has 2 aromatic heterocycles. The third-order valence-corrected chi connectivity index (χ3v) is 7.42. The molecule has 5 rings (SSSR count). The van der Waals surface area contributed by atoms with Crippen LogP contribution in [0.4, 0.5) is 0 Å². The first-order valence-electron chi connectivity index (χ1n) is 11.6. The summed E-state index contributed by atoms with van der Waals surface area (Å²) in [5.41, 5.74) is 2.20. The van der Waals surface area contributed by atoms with Gasteiger partial charge >= 0.3 is 0 Å². The fourth-order valence-electron chi connectivity index (χ4n) is 4.65. The van der Waals surface area contributed by atoms with Gasteiger partial charge in [-0.3, -0.25) is 14.4 Å². The van der Waals surface area contributed by atoms with Gasteiger partial charge in [0.15, 0.2) is 0 Å². The van der Waals surface area contributed by atoms with Crippen LogP contribution in [0.25, 0.3) is 5.69 Å². The van der Waals surface area contributed by atoms with Crippen LogP contribution in [0.3, 0.4) is 0 Å². The van der Waals surface area contributed by atoms with Crippen molar-refractivity contribution in [2.45, 2.75) is 13.0 Å². The molecule has 1 aromatic carbocycles. The Balaban J connectivity index is 1.43. The zero-order valence-corrected chi connectivity index (χ0v) is 20.4. The minimum absolute atomic E-state index is 0.113. The van der Waals surface area contributed by atoms with Crippen molar-refractivity contribution in [2.75, 3.05) is 44.8 Å². The Hall–Kier alpha value is -3.53. The number of carbonyl (C=O) groups is 2. The van der Waals surface area contributed by atoms with Crippen molar-refractivity contribution in [3.63, 3.8) is 0 Å². The fraction of sp³-hybridized carbons (Fsp3) is 0.360. The second kappa shape index (κ2) is 9.99. The van der Waals surface area contributed by atoms with E-state index in [1.54, 1.807) is 26.4 Å². The zero-order chi connectivity index (χ0) is 24.4. The van der Waals surface area contributed by atoms with E-state index < -0.39 is 0 Å². The number of hydrogen-bond acceptors (Lipinski definition) is 6. The third kappa shape index (κ3) is 4.58. The summed E-state index contributed by atoms with van der Waals surface area (Å²) < 4.78 is 8.82. The van der Waals surface area contributed by atoms with E-state index in [0.29, 0.717) is 61.7 Å². The van der Waals surface area contributed by atoms with Gasteiger partial charge in [-0.1, -0.05) is 6.07 Å². The summed E-state index contributed by atoms with van der Waals surface area (Å²) in [6, 6.07) is 10.5. The molecule has 0 spiro atoms. The van der Waals surface area contributed by atoms with Gasteiger partial charge in [-0.2, -0.15) is 16.9 Å². The molecule has 0 bridgehead atoms. The van der Waals surface area contributed by atoms with E-state index in [1.165, 1.54) is 13.2 Å². The fourth-order valence-corrected chi connectivity index (χ4v) is 5.56. The van der Waals surface area contributed by atoms with Crippen LogP contribution >= 0.6 is 11.8 Å². The number of rotatable bonds is 4. The number of hydrogen-bond donors (Lipinski definition) is 0. The maximum atomic E-state index is 13.5. The van der Waals surface area contributed by atoms with Gasteiger partial charge in [0.2, 0.25) is 0 Å². The van der Waals surface area contributed by atoms with Gasteiger partial charge < -0.3 is 19.1 Å². The number of amides is 2. The molecule has 2 aliphatic heterocycles. The highest BCUT2D eigenvalue weighted by Crippen LogP contribution is 2.26.